The number of aromatic nitrogens is 2. The van der Waals surface area contributed by atoms with E-state index in [0.717, 1.165) is 0 Å². The molecule has 0 saturated carbocycles. The van der Waals surface area contributed by atoms with Gasteiger partial charge in [0.25, 0.3) is 0 Å². The first-order chi connectivity index (χ1) is 14.6. The van der Waals surface area contributed by atoms with Gasteiger partial charge in [-0.2, -0.15) is 21.8 Å². The Kier molecular flexibility index (Phi) is 12.5. The zero-order valence-corrected chi connectivity index (χ0v) is 24.2. The third-order valence-corrected chi connectivity index (χ3v) is 7.50. The van der Waals surface area contributed by atoms with E-state index in [1.807, 2.05) is 4.98 Å². The first-order valence-corrected chi connectivity index (χ1v) is 12.8. The second kappa shape index (κ2) is 12.3. The zero-order valence-electron chi connectivity index (χ0n) is 15.7. The molecule has 194 valence electrons. The number of phosphoric acid groups is 3. The van der Waals surface area contributed by atoms with E-state index < -0.39 is 63.3 Å². The fraction of sp³-hybridized carbons (Fsp3) is 0.400. The molecule has 13 nitrogen and oxygen atoms in total. The molecule has 3 unspecified atom stereocenters. The van der Waals surface area contributed by atoms with Crippen molar-refractivity contribution in [1.29, 1.82) is 0 Å². The molecule has 4 atom stereocenters. The fourth-order valence-corrected chi connectivity index (χ4v) is 5.17. The number of hydrogen-bond donors (Lipinski definition) is 6. The Labute approximate surface area is 220 Å². The van der Waals surface area contributed by atoms with Crippen LogP contribution in [0.4, 0.5) is 22.0 Å². The molecule has 0 amide bonds. The summed E-state index contributed by atoms with van der Waals surface area (Å²) in [6.45, 7) is -1.94. The van der Waals surface area contributed by atoms with Crippen LogP contribution in [0.3, 0.4) is 0 Å². The summed E-state index contributed by atoms with van der Waals surface area (Å²) in [5.41, 5.74) is -4.70. The van der Waals surface area contributed by atoms with Crippen LogP contribution in [0.15, 0.2) is 6.20 Å². The van der Waals surface area contributed by atoms with Crippen LogP contribution in [0, 0.1) is 59.3 Å². The summed E-state index contributed by atoms with van der Waals surface area (Å²) in [4.78, 5) is 36.8. The molecular formula is C10H12F5N2O11P3S2U. The van der Waals surface area contributed by atoms with Crippen LogP contribution in [0.25, 0.3) is 0 Å². The Hall–Kier alpha value is 0.462. The Balaban J connectivity index is 0.0000109. The van der Waals surface area contributed by atoms with E-state index in [1.54, 1.807) is 0 Å². The standard InChI is InChI=1S/C10H12F5N2O11P3S2.U/c11-5-3-17(8(33)16-7(5)32)4-9(12,10(13,14)15)6(18)1-2-26-30(22,23)28-31(24,25)27-29(19,20)21;/h1,3-4,6,18H,2H2,(H,22,23)(H,24,25)(H,16,32,33)(H2,19,20,21);/q-2;+2/t6-,9?;/m0./s1. The van der Waals surface area contributed by atoms with Gasteiger partial charge in [0.05, 0.1) is 4.77 Å². The van der Waals surface area contributed by atoms with Gasteiger partial charge in [0.2, 0.25) is 0 Å². The van der Waals surface area contributed by atoms with Crippen molar-refractivity contribution in [2.24, 2.45) is 0 Å². The molecule has 0 saturated heterocycles. The van der Waals surface area contributed by atoms with E-state index in [-0.39, 0.29) is 54.8 Å². The van der Waals surface area contributed by atoms with Crippen LogP contribution in [0.1, 0.15) is 0 Å². The summed E-state index contributed by atoms with van der Waals surface area (Å²) in [6.07, 6.45) is -8.90. The first kappa shape index (κ1) is 34.5. The number of alkyl halides is 4. The molecule has 1 aromatic heterocycles. The Morgan fingerprint density at radius 2 is 1.62 bits per heavy atom. The van der Waals surface area contributed by atoms with Crippen molar-refractivity contribution >= 4 is 47.9 Å². The largest absolute Gasteiger partial charge is 2.00 e. The van der Waals surface area contributed by atoms with Gasteiger partial charge < -0.3 is 38.8 Å². The quantitative estimate of drug-likeness (QED) is 0.0825. The summed E-state index contributed by atoms with van der Waals surface area (Å²) in [7, 11) is -17.4. The second-order valence-corrected chi connectivity index (χ2v) is 10.8. The molecule has 34 heavy (non-hydrogen) atoms. The number of halogens is 5. The van der Waals surface area contributed by atoms with Crippen LogP contribution in [0.2, 0.25) is 0 Å². The maximum absolute atomic E-state index is 14.8. The molecule has 0 bridgehead atoms. The average molecular weight is 826 g/mol. The number of rotatable bonds is 11. The molecule has 6 N–H and O–H groups in total. The first-order valence-electron chi connectivity index (χ1n) is 7.51. The number of hydrogen-bond acceptors (Lipinski definition) is 9. The monoisotopic (exact) mass is 826 g/mol. The molecule has 1 heterocycles. The van der Waals surface area contributed by atoms with Crippen LogP contribution in [-0.4, -0.2) is 58.8 Å². The smallest absolute Gasteiger partial charge is 0.457 e. The normalized spacial score (nSPS) is 18.6. The second-order valence-electron chi connectivity index (χ2n) is 5.61. The Morgan fingerprint density at radius 3 is 2.09 bits per heavy atom. The number of aromatic amines is 1. The maximum Gasteiger partial charge on any atom is 2.00 e. The van der Waals surface area contributed by atoms with Crippen molar-refractivity contribution in [2.75, 3.05) is 6.61 Å². The molecule has 0 aliphatic carbocycles. The van der Waals surface area contributed by atoms with Crippen molar-refractivity contribution in [2.45, 2.75) is 17.9 Å². The molecule has 0 spiro atoms. The summed E-state index contributed by atoms with van der Waals surface area (Å²) in [5, 5.41) is 9.68. The van der Waals surface area contributed by atoms with Crippen molar-refractivity contribution < 1.29 is 105 Å². The topological polar surface area (TPSA) is 201 Å². The van der Waals surface area contributed by atoms with Gasteiger partial charge in [0.15, 0.2) is 5.67 Å². The van der Waals surface area contributed by atoms with Gasteiger partial charge in [-0.3, -0.25) is 6.42 Å². The van der Waals surface area contributed by atoms with E-state index in [1.165, 1.54) is 0 Å². The SMILES string of the molecule is O=P(O)(O)OP(=O)(O)OP(=O)(O)OC[CH-][C@H](O)C(F)([CH-]n1cc(F)c(=S)[nH]c1=S)C(F)(F)F.[U+2]. The van der Waals surface area contributed by atoms with Crippen LogP contribution >= 0.6 is 47.9 Å². The molecule has 1 aromatic rings. The maximum atomic E-state index is 14.8. The van der Waals surface area contributed by atoms with Crippen molar-refractivity contribution in [3.8, 4) is 0 Å². The van der Waals surface area contributed by atoms with Crippen LogP contribution in [-0.2, 0) is 26.8 Å². The number of phosphoric ester groups is 1. The van der Waals surface area contributed by atoms with Gasteiger partial charge in [-0.1, -0.05) is 31.6 Å². The number of H-pyrrole nitrogens is 1. The molecule has 0 radical (unpaired) electrons. The number of aliphatic hydroxyl groups is 1. The Bertz CT molecular complexity index is 1130. The van der Waals surface area contributed by atoms with Crippen molar-refractivity contribution in [3.63, 3.8) is 0 Å². The van der Waals surface area contributed by atoms with Gasteiger partial charge in [0, 0.05) is 0 Å². The van der Waals surface area contributed by atoms with Crippen molar-refractivity contribution in [3.05, 3.63) is 34.4 Å². The molecule has 0 aliphatic heterocycles. The summed E-state index contributed by atoms with van der Waals surface area (Å²) in [6, 6.07) is 0. The van der Waals surface area contributed by atoms with Gasteiger partial charge in [0.1, 0.15) is 10.5 Å². The predicted molar refractivity (Wildman–Crippen MR) is 100 cm³/mol. The average Bonchev–Trinajstić information content (AvgIpc) is 2.54. The van der Waals surface area contributed by atoms with Gasteiger partial charge in [-0.15, -0.1) is 12.2 Å². The number of nitrogens with one attached hydrogen (secondary N) is 1. The third kappa shape index (κ3) is 10.4. The minimum atomic E-state index is -5.92. The summed E-state index contributed by atoms with van der Waals surface area (Å²) in [5.74, 6) is -1.30. The van der Waals surface area contributed by atoms with E-state index in [0.29, 0.717) is 0 Å². The van der Waals surface area contributed by atoms with Gasteiger partial charge >= 0.3 is 60.8 Å². The van der Waals surface area contributed by atoms with E-state index >= 15 is 0 Å². The van der Waals surface area contributed by atoms with Crippen LogP contribution < -0.4 is 0 Å². The fourth-order valence-electron chi connectivity index (χ4n) is 1.78. The minimum Gasteiger partial charge on any atom is -0.457 e. The van der Waals surface area contributed by atoms with E-state index in [9.17, 15) is 45.6 Å². The molecule has 0 aromatic carbocycles. The third-order valence-electron chi connectivity index (χ3n) is 3.09. The molecule has 0 aliphatic rings. The summed E-state index contributed by atoms with van der Waals surface area (Å²) >= 11 is 9.05. The predicted octanol–water partition coefficient (Wildman–Crippen LogP) is 2.60. The summed E-state index contributed by atoms with van der Waals surface area (Å²) < 4.78 is 111. The molecular weight excluding hydrogens is 814 g/mol. The molecule has 1 rings (SSSR count). The number of nitrogens with zero attached hydrogens (tertiary/aromatic N) is 1. The molecule has 0 fully saturated rings. The number of aliphatic hydroxyl groups excluding tert-OH is 1. The van der Waals surface area contributed by atoms with Gasteiger partial charge in [-0.25, -0.2) is 22.5 Å². The van der Waals surface area contributed by atoms with Crippen LogP contribution in [0.5, 0.6) is 0 Å². The van der Waals surface area contributed by atoms with Gasteiger partial charge in [-0.05, 0) is 6.10 Å². The van der Waals surface area contributed by atoms with Crippen molar-refractivity contribution in [1.82, 2.24) is 9.55 Å². The van der Waals surface area contributed by atoms with E-state index in [4.69, 9.17) is 14.7 Å². The zero-order chi connectivity index (χ0) is 26.0. The minimum absolute atomic E-state index is 0. The Morgan fingerprint density at radius 1 is 1.09 bits per heavy atom. The molecule has 24 heteroatoms. The van der Waals surface area contributed by atoms with E-state index in [2.05, 4.69) is 37.6 Å².